The molecule has 0 saturated carbocycles. The summed E-state index contributed by atoms with van der Waals surface area (Å²) in [6.45, 7) is 1.83. The van der Waals surface area contributed by atoms with Crippen molar-refractivity contribution in [2.75, 3.05) is 5.73 Å². The average molecular weight is 307 g/mol. The van der Waals surface area contributed by atoms with Gasteiger partial charge in [0.15, 0.2) is 0 Å². The minimum absolute atomic E-state index is 0.0141. The number of halogens is 2. The Bertz CT molecular complexity index is 804. The van der Waals surface area contributed by atoms with Crippen molar-refractivity contribution in [1.29, 1.82) is 0 Å². The molecule has 5 nitrogen and oxygen atoms in total. The van der Waals surface area contributed by atoms with Crippen molar-refractivity contribution in [3.8, 4) is 22.4 Å². The first kappa shape index (κ1) is 13.6. The van der Waals surface area contributed by atoms with E-state index in [1.807, 2.05) is 6.92 Å². The van der Waals surface area contributed by atoms with Crippen LogP contribution in [0.25, 0.3) is 22.4 Å². The molecule has 1 aromatic carbocycles. The van der Waals surface area contributed by atoms with E-state index in [1.54, 1.807) is 24.0 Å². The van der Waals surface area contributed by atoms with Crippen LogP contribution in [0.15, 0.2) is 28.9 Å². The van der Waals surface area contributed by atoms with Gasteiger partial charge >= 0.3 is 0 Å². The van der Waals surface area contributed by atoms with Crippen molar-refractivity contribution < 1.29 is 8.91 Å². The number of nitrogens with zero attached hydrogens (tertiary/aromatic N) is 3. The second-order valence-corrected chi connectivity index (χ2v) is 5.08. The summed E-state index contributed by atoms with van der Waals surface area (Å²) in [6, 6.07) is 4.43. The third-order valence-corrected chi connectivity index (χ3v) is 3.51. The topological polar surface area (TPSA) is 69.9 Å². The highest BCUT2D eigenvalue weighted by Crippen LogP contribution is 2.41. The molecule has 0 aliphatic heterocycles. The molecule has 0 saturated heterocycles. The lowest BCUT2D eigenvalue weighted by Gasteiger charge is -2.05. The molecule has 0 aliphatic rings. The van der Waals surface area contributed by atoms with Crippen LogP contribution >= 0.6 is 11.6 Å². The minimum atomic E-state index is -0.486. The lowest BCUT2D eigenvalue weighted by Crippen LogP contribution is -1.92. The number of nitrogen functional groups attached to an aromatic ring is 1. The Morgan fingerprint density at radius 1 is 1.33 bits per heavy atom. The lowest BCUT2D eigenvalue weighted by molar-refractivity contribution is 0.439. The minimum Gasteiger partial charge on any atom is -0.367 e. The molecule has 2 aromatic heterocycles. The number of hydrogen-bond donors (Lipinski definition) is 1. The van der Waals surface area contributed by atoms with Crippen molar-refractivity contribution in [1.82, 2.24) is 14.9 Å². The maximum absolute atomic E-state index is 14.2. The first-order valence-electron chi connectivity index (χ1n) is 6.19. The summed E-state index contributed by atoms with van der Waals surface area (Å²) in [6.07, 6.45) is 1.77. The van der Waals surface area contributed by atoms with E-state index >= 15 is 0 Å². The Kier molecular flexibility index (Phi) is 3.17. The summed E-state index contributed by atoms with van der Waals surface area (Å²) < 4.78 is 20.9. The normalized spacial score (nSPS) is 11.0. The van der Waals surface area contributed by atoms with Crippen molar-refractivity contribution >= 4 is 17.5 Å². The van der Waals surface area contributed by atoms with E-state index in [-0.39, 0.29) is 16.5 Å². The molecule has 0 atom stereocenters. The molecule has 7 heteroatoms. The molecule has 2 N–H and O–H groups in total. The standard InChI is InChI=1S/C14H12ClFN4O/c1-7-8(6-20(2)18-7)13-12(14(17)21-19-13)11-9(15)4-3-5-10(11)16/h3-6H,17H2,1-2H3. The smallest absolute Gasteiger partial charge is 0.230 e. The number of aryl methyl sites for hydroxylation is 2. The Hall–Kier alpha value is -2.34. The fraction of sp³-hybridized carbons (Fsp3) is 0.143. The van der Waals surface area contributed by atoms with Crippen LogP contribution in [0.2, 0.25) is 5.02 Å². The molecule has 0 unspecified atom stereocenters. The molecule has 0 spiro atoms. The zero-order chi connectivity index (χ0) is 15.1. The largest absolute Gasteiger partial charge is 0.367 e. The molecule has 3 aromatic rings. The highest BCUT2D eigenvalue weighted by atomic mass is 35.5. The number of nitrogens with two attached hydrogens (primary N) is 1. The van der Waals surface area contributed by atoms with Crippen LogP contribution in [-0.2, 0) is 7.05 Å². The van der Waals surface area contributed by atoms with Gasteiger partial charge in [-0.2, -0.15) is 5.10 Å². The number of aromatic nitrogens is 3. The Balaban J connectivity index is 2.30. The van der Waals surface area contributed by atoms with Gasteiger partial charge in [-0.25, -0.2) is 4.39 Å². The van der Waals surface area contributed by atoms with Gasteiger partial charge in [-0.1, -0.05) is 22.8 Å². The highest BCUT2D eigenvalue weighted by Gasteiger charge is 2.24. The first-order chi connectivity index (χ1) is 9.99. The molecule has 0 radical (unpaired) electrons. The third kappa shape index (κ3) is 2.17. The van der Waals surface area contributed by atoms with E-state index < -0.39 is 5.82 Å². The maximum atomic E-state index is 14.2. The third-order valence-electron chi connectivity index (χ3n) is 3.20. The molecule has 108 valence electrons. The fourth-order valence-corrected chi connectivity index (χ4v) is 2.55. The van der Waals surface area contributed by atoms with Gasteiger partial charge in [0, 0.05) is 24.4 Å². The Morgan fingerprint density at radius 2 is 2.10 bits per heavy atom. The second kappa shape index (κ2) is 4.89. The number of anilines is 1. The van der Waals surface area contributed by atoms with Crippen molar-refractivity contribution in [2.24, 2.45) is 7.05 Å². The van der Waals surface area contributed by atoms with Crippen LogP contribution in [0.3, 0.4) is 0 Å². The molecule has 3 rings (SSSR count). The number of rotatable bonds is 2. The summed E-state index contributed by atoms with van der Waals surface area (Å²) in [5.74, 6) is -0.472. The van der Waals surface area contributed by atoms with Crippen LogP contribution < -0.4 is 5.73 Å². The summed E-state index contributed by atoms with van der Waals surface area (Å²) >= 11 is 6.11. The summed E-state index contributed by atoms with van der Waals surface area (Å²) in [4.78, 5) is 0. The predicted molar refractivity (Wildman–Crippen MR) is 78.3 cm³/mol. The fourth-order valence-electron chi connectivity index (χ4n) is 2.30. The SMILES string of the molecule is Cc1nn(C)cc1-c1noc(N)c1-c1c(F)cccc1Cl. The van der Waals surface area contributed by atoms with Gasteiger partial charge < -0.3 is 10.3 Å². The van der Waals surface area contributed by atoms with E-state index in [1.165, 1.54) is 12.1 Å². The van der Waals surface area contributed by atoms with Gasteiger partial charge in [0.2, 0.25) is 5.88 Å². The van der Waals surface area contributed by atoms with Crippen molar-refractivity contribution in [3.63, 3.8) is 0 Å². The molecule has 0 fully saturated rings. The Labute approximate surface area is 125 Å². The van der Waals surface area contributed by atoms with Gasteiger partial charge in [-0.15, -0.1) is 0 Å². The Morgan fingerprint density at radius 3 is 2.71 bits per heavy atom. The summed E-state index contributed by atoms with van der Waals surface area (Å²) in [5.41, 5.74) is 8.21. The van der Waals surface area contributed by atoms with Gasteiger partial charge in [0.05, 0.1) is 16.3 Å². The first-order valence-corrected chi connectivity index (χ1v) is 6.57. The predicted octanol–water partition coefficient (Wildman–Crippen LogP) is 3.43. The van der Waals surface area contributed by atoms with E-state index in [4.69, 9.17) is 21.9 Å². The summed E-state index contributed by atoms with van der Waals surface area (Å²) in [5, 5.41) is 8.43. The summed E-state index contributed by atoms with van der Waals surface area (Å²) in [7, 11) is 1.79. The molecule has 21 heavy (non-hydrogen) atoms. The second-order valence-electron chi connectivity index (χ2n) is 4.67. The number of hydrogen-bond acceptors (Lipinski definition) is 4. The van der Waals surface area contributed by atoms with E-state index in [0.717, 1.165) is 5.69 Å². The van der Waals surface area contributed by atoms with E-state index in [0.29, 0.717) is 16.8 Å². The molecule has 2 heterocycles. The van der Waals surface area contributed by atoms with Crippen LogP contribution in [0.5, 0.6) is 0 Å². The zero-order valence-corrected chi connectivity index (χ0v) is 12.1. The highest BCUT2D eigenvalue weighted by molar-refractivity contribution is 6.33. The van der Waals surface area contributed by atoms with E-state index in [9.17, 15) is 4.39 Å². The van der Waals surface area contributed by atoms with Crippen LogP contribution in [0.1, 0.15) is 5.69 Å². The molecule has 0 aliphatic carbocycles. The van der Waals surface area contributed by atoms with Crippen LogP contribution in [-0.4, -0.2) is 14.9 Å². The van der Waals surface area contributed by atoms with Gasteiger partial charge in [0.1, 0.15) is 11.5 Å². The molecular weight excluding hydrogens is 295 g/mol. The molecular formula is C14H12ClFN4O. The molecule has 0 amide bonds. The average Bonchev–Trinajstić information content (AvgIpc) is 2.93. The van der Waals surface area contributed by atoms with Crippen LogP contribution in [0, 0.1) is 12.7 Å². The van der Waals surface area contributed by atoms with Gasteiger partial charge in [-0.05, 0) is 19.1 Å². The quantitative estimate of drug-likeness (QED) is 0.787. The van der Waals surface area contributed by atoms with Crippen molar-refractivity contribution in [2.45, 2.75) is 6.92 Å². The molecule has 0 bridgehead atoms. The van der Waals surface area contributed by atoms with Gasteiger partial charge in [-0.3, -0.25) is 4.68 Å². The maximum Gasteiger partial charge on any atom is 0.230 e. The zero-order valence-electron chi connectivity index (χ0n) is 11.4. The number of benzene rings is 1. The monoisotopic (exact) mass is 306 g/mol. The van der Waals surface area contributed by atoms with Crippen molar-refractivity contribution in [3.05, 3.63) is 40.9 Å². The van der Waals surface area contributed by atoms with Gasteiger partial charge in [0.25, 0.3) is 0 Å². The lowest BCUT2D eigenvalue weighted by atomic mass is 10.0. The van der Waals surface area contributed by atoms with E-state index in [2.05, 4.69) is 10.3 Å². The van der Waals surface area contributed by atoms with Crippen LogP contribution in [0.4, 0.5) is 10.3 Å².